The number of amides is 1. The molecule has 0 unspecified atom stereocenters. The lowest BCUT2D eigenvalue weighted by atomic mass is 9.98. The quantitative estimate of drug-likeness (QED) is 0.339. The number of carbonyl (C=O) groups excluding carboxylic acids is 3. The van der Waals surface area contributed by atoms with E-state index in [4.69, 9.17) is 16.3 Å². The number of hydrogen-bond donors (Lipinski definition) is 1. The molecule has 30 heavy (non-hydrogen) atoms. The third-order valence-corrected chi connectivity index (χ3v) is 4.81. The lowest BCUT2D eigenvalue weighted by molar-refractivity contribution is -0.113. The van der Waals surface area contributed by atoms with Gasteiger partial charge >= 0.3 is 5.97 Å². The van der Waals surface area contributed by atoms with Gasteiger partial charge in [0, 0.05) is 12.0 Å². The first-order valence-electron chi connectivity index (χ1n) is 9.27. The number of hydrogen-bond acceptors (Lipinski definition) is 4. The molecule has 0 aliphatic heterocycles. The van der Waals surface area contributed by atoms with E-state index < -0.39 is 11.9 Å². The van der Waals surface area contributed by atoms with E-state index in [-0.39, 0.29) is 29.3 Å². The highest BCUT2D eigenvalue weighted by molar-refractivity contribution is 6.29. The van der Waals surface area contributed by atoms with Crippen molar-refractivity contribution in [1.82, 2.24) is 0 Å². The van der Waals surface area contributed by atoms with E-state index in [0.717, 1.165) is 16.7 Å². The Balaban J connectivity index is 1.80. The Morgan fingerprint density at radius 2 is 1.57 bits per heavy atom. The largest absolute Gasteiger partial charge is 0.465 e. The zero-order chi connectivity index (χ0) is 21.5. The molecule has 1 N–H and O–H groups in total. The van der Waals surface area contributed by atoms with E-state index in [1.165, 1.54) is 19.2 Å². The number of ketones is 1. The standard InChI is InChI=1S/C24H20ClNO4/c1-30-24(29)20-12-11-19(14-21(20)26-23(28)15-25)22(27)13-16-7-9-18(10-8-16)17-5-3-2-4-6-17/h2-12,14H,13,15H2,1H3,(H,26,28). The molecular formula is C24H20ClNO4. The third-order valence-electron chi connectivity index (χ3n) is 4.57. The zero-order valence-electron chi connectivity index (χ0n) is 16.4. The number of anilines is 1. The van der Waals surface area contributed by atoms with Crippen molar-refractivity contribution in [2.75, 3.05) is 18.3 Å². The number of alkyl halides is 1. The van der Waals surface area contributed by atoms with Crippen molar-refractivity contribution in [3.63, 3.8) is 0 Å². The van der Waals surface area contributed by atoms with Gasteiger partial charge in [-0.25, -0.2) is 4.79 Å². The first-order chi connectivity index (χ1) is 14.5. The van der Waals surface area contributed by atoms with Gasteiger partial charge in [0.25, 0.3) is 0 Å². The zero-order valence-corrected chi connectivity index (χ0v) is 17.1. The second kappa shape index (κ2) is 9.85. The minimum absolute atomic E-state index is 0.139. The fourth-order valence-corrected chi connectivity index (χ4v) is 3.09. The fraction of sp³-hybridized carbons (Fsp3) is 0.125. The molecule has 0 aliphatic carbocycles. The maximum Gasteiger partial charge on any atom is 0.339 e. The maximum atomic E-state index is 12.8. The van der Waals surface area contributed by atoms with Crippen LogP contribution in [0.2, 0.25) is 0 Å². The molecular weight excluding hydrogens is 402 g/mol. The van der Waals surface area contributed by atoms with Gasteiger partial charge in [-0.1, -0.05) is 60.7 Å². The van der Waals surface area contributed by atoms with Crippen LogP contribution in [0.5, 0.6) is 0 Å². The lowest BCUT2D eigenvalue weighted by Crippen LogP contribution is -2.17. The molecule has 0 heterocycles. The fourth-order valence-electron chi connectivity index (χ4n) is 3.03. The molecule has 152 valence electrons. The molecule has 0 spiro atoms. The molecule has 0 bridgehead atoms. The number of esters is 1. The van der Waals surface area contributed by atoms with Gasteiger partial charge in [-0.2, -0.15) is 0 Å². The Bertz CT molecular complexity index is 1060. The molecule has 1 amide bonds. The molecule has 0 saturated heterocycles. The van der Waals surface area contributed by atoms with E-state index in [0.29, 0.717) is 5.56 Å². The molecule has 0 aliphatic rings. The molecule has 0 atom stereocenters. The lowest BCUT2D eigenvalue weighted by Gasteiger charge is -2.11. The number of ether oxygens (including phenoxy) is 1. The minimum Gasteiger partial charge on any atom is -0.465 e. The van der Waals surface area contributed by atoms with Crippen molar-refractivity contribution in [1.29, 1.82) is 0 Å². The summed E-state index contributed by atoms with van der Waals surface area (Å²) in [6.45, 7) is 0. The number of Topliss-reactive ketones (excluding diaryl/α,β-unsaturated/α-hetero) is 1. The Labute approximate surface area is 179 Å². The summed E-state index contributed by atoms with van der Waals surface area (Å²) in [5.74, 6) is -1.51. The molecule has 0 aromatic heterocycles. The van der Waals surface area contributed by atoms with E-state index >= 15 is 0 Å². The number of carbonyl (C=O) groups is 3. The summed E-state index contributed by atoms with van der Waals surface area (Å²) in [4.78, 5) is 36.4. The van der Waals surface area contributed by atoms with Gasteiger partial charge in [0.05, 0.1) is 18.4 Å². The second-order valence-electron chi connectivity index (χ2n) is 6.60. The average molecular weight is 422 g/mol. The molecule has 3 rings (SSSR count). The van der Waals surface area contributed by atoms with Crippen LogP contribution in [-0.4, -0.2) is 30.6 Å². The first kappa shape index (κ1) is 21.3. The third kappa shape index (κ3) is 5.13. The van der Waals surface area contributed by atoms with Gasteiger partial charge in [0.1, 0.15) is 5.88 Å². The minimum atomic E-state index is -0.615. The summed E-state index contributed by atoms with van der Waals surface area (Å²) in [7, 11) is 1.24. The summed E-state index contributed by atoms with van der Waals surface area (Å²) in [6.07, 6.45) is 0.190. The molecule has 0 radical (unpaired) electrons. The van der Waals surface area contributed by atoms with Crippen LogP contribution in [0.1, 0.15) is 26.3 Å². The van der Waals surface area contributed by atoms with Crippen LogP contribution in [0.3, 0.4) is 0 Å². The molecule has 6 heteroatoms. The van der Waals surface area contributed by atoms with E-state index in [9.17, 15) is 14.4 Å². The van der Waals surface area contributed by atoms with Crippen LogP contribution < -0.4 is 5.32 Å². The van der Waals surface area contributed by atoms with Gasteiger partial charge < -0.3 is 10.1 Å². The van der Waals surface area contributed by atoms with Gasteiger partial charge in [0.2, 0.25) is 5.91 Å². The highest BCUT2D eigenvalue weighted by Crippen LogP contribution is 2.22. The van der Waals surface area contributed by atoms with E-state index in [1.54, 1.807) is 6.07 Å². The number of rotatable bonds is 7. The van der Waals surface area contributed by atoms with Crippen LogP contribution in [0, 0.1) is 0 Å². The molecule has 0 saturated carbocycles. The van der Waals surface area contributed by atoms with Crippen molar-refractivity contribution >= 4 is 34.9 Å². The predicted octanol–water partition coefficient (Wildman–Crippen LogP) is 4.74. The number of benzene rings is 3. The number of nitrogens with one attached hydrogen (secondary N) is 1. The van der Waals surface area contributed by atoms with Crippen LogP contribution in [-0.2, 0) is 16.0 Å². The van der Waals surface area contributed by atoms with E-state index in [2.05, 4.69) is 5.32 Å². The smallest absolute Gasteiger partial charge is 0.339 e. The Morgan fingerprint density at radius 3 is 2.20 bits per heavy atom. The topological polar surface area (TPSA) is 72.5 Å². The number of methoxy groups -OCH3 is 1. The van der Waals surface area contributed by atoms with Crippen molar-refractivity contribution in [2.45, 2.75) is 6.42 Å². The summed E-state index contributed by atoms with van der Waals surface area (Å²) >= 11 is 5.54. The number of halogens is 1. The molecule has 5 nitrogen and oxygen atoms in total. The second-order valence-corrected chi connectivity index (χ2v) is 6.86. The summed E-state index contributed by atoms with van der Waals surface area (Å²) in [6, 6.07) is 22.2. The molecule has 3 aromatic carbocycles. The average Bonchev–Trinajstić information content (AvgIpc) is 2.79. The van der Waals surface area contributed by atoms with Crippen molar-refractivity contribution in [3.8, 4) is 11.1 Å². The Kier molecular flexibility index (Phi) is 6.99. The van der Waals surface area contributed by atoms with Crippen molar-refractivity contribution < 1.29 is 19.1 Å². The summed E-state index contributed by atoms with van der Waals surface area (Å²) in [5, 5.41) is 2.54. The van der Waals surface area contributed by atoms with E-state index in [1.807, 2.05) is 54.6 Å². The maximum absolute atomic E-state index is 12.8. The normalized spacial score (nSPS) is 10.3. The van der Waals surface area contributed by atoms with Crippen molar-refractivity contribution in [3.05, 3.63) is 89.5 Å². The van der Waals surface area contributed by atoms with Crippen LogP contribution in [0.15, 0.2) is 72.8 Å². The SMILES string of the molecule is COC(=O)c1ccc(C(=O)Cc2ccc(-c3ccccc3)cc2)cc1NC(=O)CCl. The van der Waals surface area contributed by atoms with Gasteiger partial charge in [-0.05, 0) is 28.8 Å². The molecule has 0 fully saturated rings. The highest BCUT2D eigenvalue weighted by atomic mass is 35.5. The summed E-state index contributed by atoms with van der Waals surface area (Å²) < 4.78 is 4.73. The molecule has 3 aromatic rings. The van der Waals surface area contributed by atoms with Crippen molar-refractivity contribution in [2.24, 2.45) is 0 Å². The Hall–Kier alpha value is -3.44. The highest BCUT2D eigenvalue weighted by Gasteiger charge is 2.17. The first-order valence-corrected chi connectivity index (χ1v) is 9.81. The van der Waals surface area contributed by atoms with Gasteiger partial charge in [-0.15, -0.1) is 11.6 Å². The predicted molar refractivity (Wildman–Crippen MR) is 117 cm³/mol. The van der Waals surface area contributed by atoms with Gasteiger partial charge in [0.15, 0.2) is 5.78 Å². The van der Waals surface area contributed by atoms with Crippen LogP contribution in [0.4, 0.5) is 5.69 Å². The summed E-state index contributed by atoms with van der Waals surface area (Å²) in [5.41, 5.74) is 3.76. The van der Waals surface area contributed by atoms with Crippen LogP contribution in [0.25, 0.3) is 11.1 Å². The van der Waals surface area contributed by atoms with Crippen LogP contribution >= 0.6 is 11.6 Å². The monoisotopic (exact) mass is 421 g/mol. The Morgan fingerprint density at radius 1 is 0.900 bits per heavy atom. The van der Waals surface area contributed by atoms with Gasteiger partial charge in [-0.3, -0.25) is 9.59 Å².